The van der Waals surface area contributed by atoms with Gasteiger partial charge in [0, 0.05) is 12.1 Å². The summed E-state index contributed by atoms with van der Waals surface area (Å²) in [7, 11) is 0. The Bertz CT molecular complexity index is 587. The van der Waals surface area contributed by atoms with Crippen LogP contribution >= 0.6 is 15.9 Å². The van der Waals surface area contributed by atoms with Crippen molar-refractivity contribution >= 4 is 27.3 Å². The van der Waals surface area contributed by atoms with E-state index in [2.05, 4.69) is 20.9 Å². The molecule has 0 aliphatic carbocycles. The fourth-order valence-corrected chi connectivity index (χ4v) is 1.58. The maximum atomic E-state index is 10.7. The van der Waals surface area contributed by atoms with Crippen molar-refractivity contribution in [3.05, 3.63) is 51.1 Å². The molecule has 2 N–H and O–H groups in total. The van der Waals surface area contributed by atoms with Gasteiger partial charge in [0.2, 0.25) is 5.88 Å². The quantitative estimate of drug-likeness (QED) is 0.694. The number of rotatable bonds is 3. The average molecular weight is 310 g/mol. The Morgan fingerprint density at radius 3 is 2.72 bits per heavy atom. The number of aromatic nitrogens is 1. The van der Waals surface area contributed by atoms with E-state index in [9.17, 15) is 10.1 Å². The lowest BCUT2D eigenvalue weighted by Gasteiger charge is -2.06. The molecule has 1 aromatic carbocycles. The molecule has 18 heavy (non-hydrogen) atoms. The van der Waals surface area contributed by atoms with Gasteiger partial charge in [-0.05, 0) is 28.1 Å². The van der Waals surface area contributed by atoms with Crippen LogP contribution in [0.15, 0.2) is 41.0 Å². The van der Waals surface area contributed by atoms with Gasteiger partial charge in [-0.3, -0.25) is 10.1 Å². The zero-order chi connectivity index (χ0) is 13.1. The highest BCUT2D eigenvalue weighted by Gasteiger charge is 2.11. The summed E-state index contributed by atoms with van der Waals surface area (Å²) in [4.78, 5) is 14.1. The van der Waals surface area contributed by atoms with Crippen LogP contribution in [0.4, 0.5) is 11.4 Å². The second-order valence-electron chi connectivity index (χ2n) is 3.40. The number of benzene rings is 1. The summed E-state index contributed by atoms with van der Waals surface area (Å²) in [6.45, 7) is 0. The minimum atomic E-state index is -0.490. The van der Waals surface area contributed by atoms with Crippen molar-refractivity contribution < 1.29 is 9.66 Å². The fraction of sp³-hybridized carbons (Fsp3) is 0. The third-order valence-corrected chi connectivity index (χ3v) is 2.75. The zero-order valence-corrected chi connectivity index (χ0v) is 10.6. The molecule has 0 fully saturated rings. The first-order chi connectivity index (χ1) is 8.56. The fourth-order valence-electron chi connectivity index (χ4n) is 1.25. The van der Waals surface area contributed by atoms with E-state index in [1.165, 1.54) is 18.3 Å². The lowest BCUT2D eigenvalue weighted by molar-refractivity contribution is -0.384. The number of nitrogen functional groups attached to an aromatic ring is 1. The highest BCUT2D eigenvalue weighted by molar-refractivity contribution is 9.10. The van der Waals surface area contributed by atoms with E-state index in [1.807, 2.05) is 0 Å². The Hall–Kier alpha value is -2.15. The van der Waals surface area contributed by atoms with Crippen LogP contribution in [0.2, 0.25) is 0 Å². The van der Waals surface area contributed by atoms with Gasteiger partial charge in [-0.25, -0.2) is 4.98 Å². The number of nitro groups is 1. The van der Waals surface area contributed by atoms with Crippen LogP contribution in [-0.2, 0) is 0 Å². The van der Waals surface area contributed by atoms with Gasteiger partial charge in [0.15, 0.2) is 5.75 Å². The molecule has 2 aromatic rings. The van der Waals surface area contributed by atoms with E-state index >= 15 is 0 Å². The first-order valence-corrected chi connectivity index (χ1v) is 5.69. The largest absolute Gasteiger partial charge is 0.438 e. The molecule has 0 spiro atoms. The second-order valence-corrected chi connectivity index (χ2v) is 4.26. The summed E-state index contributed by atoms with van der Waals surface area (Å²) in [5.74, 6) is 0.631. The number of halogens is 1. The van der Waals surface area contributed by atoms with Gasteiger partial charge in [-0.15, -0.1) is 0 Å². The standard InChI is InChI=1S/C11H8BrN3O3/c12-9-3-2-8(15(16)17)5-10(9)18-11-4-1-7(13)6-14-11/h1-6H,13H2. The van der Waals surface area contributed by atoms with Gasteiger partial charge >= 0.3 is 0 Å². The van der Waals surface area contributed by atoms with E-state index < -0.39 is 4.92 Å². The van der Waals surface area contributed by atoms with E-state index in [0.29, 0.717) is 21.8 Å². The molecule has 0 aliphatic rings. The van der Waals surface area contributed by atoms with Gasteiger partial charge in [-0.1, -0.05) is 0 Å². The molecule has 6 nitrogen and oxygen atoms in total. The second kappa shape index (κ2) is 5.01. The van der Waals surface area contributed by atoms with E-state index in [0.717, 1.165) is 0 Å². The number of nitrogens with two attached hydrogens (primary N) is 1. The Morgan fingerprint density at radius 2 is 2.11 bits per heavy atom. The normalized spacial score (nSPS) is 10.1. The molecule has 1 heterocycles. The minimum absolute atomic E-state index is 0.0522. The maximum absolute atomic E-state index is 10.7. The molecule has 7 heteroatoms. The highest BCUT2D eigenvalue weighted by atomic mass is 79.9. The van der Waals surface area contributed by atoms with Gasteiger partial charge in [0.1, 0.15) is 0 Å². The first kappa shape index (κ1) is 12.3. The van der Waals surface area contributed by atoms with Crippen molar-refractivity contribution in [2.75, 3.05) is 5.73 Å². The third kappa shape index (κ3) is 2.75. The molecular weight excluding hydrogens is 302 g/mol. The summed E-state index contributed by atoms with van der Waals surface area (Å²) in [5.41, 5.74) is 5.96. The van der Waals surface area contributed by atoms with E-state index in [4.69, 9.17) is 10.5 Å². The number of nitrogens with zero attached hydrogens (tertiary/aromatic N) is 2. The minimum Gasteiger partial charge on any atom is -0.438 e. The monoisotopic (exact) mass is 309 g/mol. The van der Waals surface area contributed by atoms with Crippen LogP contribution in [0, 0.1) is 10.1 Å². The van der Waals surface area contributed by atoms with Gasteiger partial charge in [0.25, 0.3) is 5.69 Å². The zero-order valence-electron chi connectivity index (χ0n) is 9.04. The lowest BCUT2D eigenvalue weighted by Crippen LogP contribution is -1.93. The molecule has 0 amide bonds. The van der Waals surface area contributed by atoms with Crippen LogP contribution < -0.4 is 10.5 Å². The molecule has 92 valence electrons. The summed E-state index contributed by atoms with van der Waals surface area (Å²) in [5, 5.41) is 10.7. The van der Waals surface area contributed by atoms with Crippen LogP contribution in [0.25, 0.3) is 0 Å². The average Bonchev–Trinajstić information content (AvgIpc) is 2.34. The molecule has 0 aliphatic heterocycles. The molecule has 0 unspecified atom stereocenters. The first-order valence-electron chi connectivity index (χ1n) is 4.89. The Labute approximate surface area is 111 Å². The van der Waals surface area contributed by atoms with Crippen molar-refractivity contribution in [1.29, 1.82) is 0 Å². The molecule has 0 atom stereocenters. The number of pyridine rings is 1. The number of non-ortho nitro benzene ring substituents is 1. The number of hydrogen-bond donors (Lipinski definition) is 1. The topological polar surface area (TPSA) is 91.3 Å². The third-order valence-electron chi connectivity index (χ3n) is 2.10. The highest BCUT2D eigenvalue weighted by Crippen LogP contribution is 2.32. The summed E-state index contributed by atoms with van der Waals surface area (Å²) < 4.78 is 6.04. The van der Waals surface area contributed by atoms with E-state index in [-0.39, 0.29) is 5.69 Å². The van der Waals surface area contributed by atoms with Crippen molar-refractivity contribution in [2.24, 2.45) is 0 Å². The Kier molecular flexibility index (Phi) is 3.42. The number of hydrogen-bond acceptors (Lipinski definition) is 5. The van der Waals surface area contributed by atoms with Crippen molar-refractivity contribution in [2.45, 2.75) is 0 Å². The molecule has 0 radical (unpaired) electrons. The van der Waals surface area contributed by atoms with Gasteiger partial charge < -0.3 is 10.5 Å². The van der Waals surface area contributed by atoms with Crippen LogP contribution in [-0.4, -0.2) is 9.91 Å². The van der Waals surface area contributed by atoms with Crippen molar-refractivity contribution in [1.82, 2.24) is 4.98 Å². The van der Waals surface area contributed by atoms with Gasteiger partial charge in [0.05, 0.1) is 27.3 Å². The molecular formula is C11H8BrN3O3. The number of nitro benzene ring substituents is 1. The SMILES string of the molecule is Nc1ccc(Oc2cc([N+](=O)[O-])ccc2Br)nc1. The molecule has 0 saturated carbocycles. The summed E-state index contributed by atoms with van der Waals surface area (Å²) in [6, 6.07) is 7.47. The van der Waals surface area contributed by atoms with Crippen molar-refractivity contribution in [3.8, 4) is 11.6 Å². The Morgan fingerprint density at radius 1 is 1.33 bits per heavy atom. The number of ether oxygens (including phenoxy) is 1. The van der Waals surface area contributed by atoms with Crippen LogP contribution in [0.1, 0.15) is 0 Å². The Balaban J connectivity index is 2.30. The van der Waals surface area contributed by atoms with Gasteiger partial charge in [-0.2, -0.15) is 0 Å². The predicted octanol–water partition coefficient (Wildman–Crippen LogP) is 3.13. The molecule has 0 bridgehead atoms. The maximum Gasteiger partial charge on any atom is 0.273 e. The summed E-state index contributed by atoms with van der Waals surface area (Å²) in [6.07, 6.45) is 1.45. The summed E-state index contributed by atoms with van der Waals surface area (Å²) >= 11 is 3.25. The predicted molar refractivity (Wildman–Crippen MR) is 69.5 cm³/mol. The lowest BCUT2D eigenvalue weighted by atomic mass is 10.3. The van der Waals surface area contributed by atoms with Crippen LogP contribution in [0.5, 0.6) is 11.6 Å². The molecule has 1 aromatic heterocycles. The van der Waals surface area contributed by atoms with E-state index in [1.54, 1.807) is 18.2 Å². The molecule has 2 rings (SSSR count). The van der Waals surface area contributed by atoms with Crippen molar-refractivity contribution in [3.63, 3.8) is 0 Å². The molecule has 0 saturated heterocycles. The number of anilines is 1. The smallest absolute Gasteiger partial charge is 0.273 e. The van der Waals surface area contributed by atoms with Crippen LogP contribution in [0.3, 0.4) is 0 Å².